The summed E-state index contributed by atoms with van der Waals surface area (Å²) in [5.74, 6) is 0.813. The monoisotopic (exact) mass is 365 g/mol. The quantitative estimate of drug-likeness (QED) is 0.714. The zero-order valence-electron chi connectivity index (χ0n) is 14.5. The van der Waals surface area contributed by atoms with Gasteiger partial charge in [0.1, 0.15) is 6.33 Å². The van der Waals surface area contributed by atoms with Gasteiger partial charge < -0.3 is 4.90 Å². The highest BCUT2D eigenvalue weighted by Gasteiger charge is 2.40. The highest BCUT2D eigenvalue weighted by Crippen LogP contribution is 2.38. The van der Waals surface area contributed by atoms with Crippen LogP contribution in [0.15, 0.2) is 36.7 Å². The van der Waals surface area contributed by atoms with E-state index in [0.717, 1.165) is 35.5 Å². The standard InChI is InChI=1S/C19H19N5OS/c1-12-2-5-18(26-12)14-7-15(9-17(8-14)24-11-20-21-22-24)19(25)23-10-13-3-4-16(23)6-13/h2,5,7-9,11,13,16H,3-4,6,10H2,1H3. The molecular weight excluding hydrogens is 346 g/mol. The SMILES string of the molecule is Cc1ccc(-c2cc(C(=O)N3CC4CCC3C4)cc(-n3cnnn3)c2)s1. The number of aryl methyl sites for hydroxylation is 1. The first-order chi connectivity index (χ1) is 12.7. The second-order valence-corrected chi connectivity index (χ2v) is 8.51. The number of piperidine rings is 1. The molecule has 5 rings (SSSR count). The van der Waals surface area contributed by atoms with Crippen molar-refractivity contribution >= 4 is 17.2 Å². The van der Waals surface area contributed by atoms with Crippen molar-refractivity contribution in [2.24, 2.45) is 5.92 Å². The van der Waals surface area contributed by atoms with Gasteiger partial charge in [-0.1, -0.05) is 0 Å². The average molecular weight is 365 g/mol. The summed E-state index contributed by atoms with van der Waals surface area (Å²) in [6.07, 6.45) is 5.12. The van der Waals surface area contributed by atoms with Crippen molar-refractivity contribution in [3.63, 3.8) is 0 Å². The lowest BCUT2D eigenvalue weighted by Gasteiger charge is -2.27. The zero-order valence-corrected chi connectivity index (χ0v) is 15.3. The number of aromatic nitrogens is 4. The summed E-state index contributed by atoms with van der Waals surface area (Å²) >= 11 is 1.73. The number of carbonyl (C=O) groups is 1. The molecule has 1 saturated heterocycles. The van der Waals surface area contributed by atoms with Crippen LogP contribution in [0.2, 0.25) is 0 Å². The Labute approximate surface area is 155 Å². The third-order valence-electron chi connectivity index (χ3n) is 5.47. The topological polar surface area (TPSA) is 63.9 Å². The minimum Gasteiger partial charge on any atom is -0.335 e. The van der Waals surface area contributed by atoms with Gasteiger partial charge in [-0.15, -0.1) is 16.4 Å². The number of fused-ring (bicyclic) bond motifs is 2. The highest BCUT2D eigenvalue weighted by atomic mass is 32.1. The molecule has 7 heteroatoms. The molecule has 3 aromatic rings. The molecule has 132 valence electrons. The van der Waals surface area contributed by atoms with Gasteiger partial charge in [0.25, 0.3) is 5.91 Å². The Morgan fingerprint density at radius 1 is 1.23 bits per heavy atom. The van der Waals surface area contributed by atoms with Crippen LogP contribution in [0.5, 0.6) is 0 Å². The van der Waals surface area contributed by atoms with Crippen LogP contribution in [0.4, 0.5) is 0 Å². The molecule has 26 heavy (non-hydrogen) atoms. The molecule has 2 fully saturated rings. The van der Waals surface area contributed by atoms with E-state index in [1.807, 2.05) is 18.2 Å². The molecular formula is C19H19N5OS. The van der Waals surface area contributed by atoms with Gasteiger partial charge in [0.05, 0.1) is 5.69 Å². The Morgan fingerprint density at radius 2 is 2.15 bits per heavy atom. The van der Waals surface area contributed by atoms with Crippen LogP contribution < -0.4 is 0 Å². The molecule has 0 N–H and O–H groups in total. The molecule has 0 spiro atoms. The maximum atomic E-state index is 13.2. The smallest absolute Gasteiger partial charge is 0.254 e. The molecule has 2 aromatic heterocycles. The number of nitrogens with zero attached hydrogens (tertiary/aromatic N) is 5. The lowest BCUT2D eigenvalue weighted by atomic mass is 10.0. The molecule has 0 radical (unpaired) electrons. The van der Waals surface area contributed by atoms with Crippen LogP contribution in [-0.4, -0.2) is 43.6 Å². The Kier molecular flexibility index (Phi) is 3.63. The Morgan fingerprint density at radius 3 is 2.81 bits per heavy atom. The van der Waals surface area contributed by atoms with Crippen molar-refractivity contribution in [1.29, 1.82) is 0 Å². The van der Waals surface area contributed by atoms with Crippen LogP contribution in [0.3, 0.4) is 0 Å². The molecule has 6 nitrogen and oxygen atoms in total. The van der Waals surface area contributed by atoms with Crippen molar-refractivity contribution in [2.75, 3.05) is 6.54 Å². The minimum atomic E-state index is 0.127. The molecule has 2 aliphatic rings. The lowest BCUT2D eigenvalue weighted by molar-refractivity contribution is 0.0703. The summed E-state index contributed by atoms with van der Waals surface area (Å²) in [6.45, 7) is 2.98. The third kappa shape index (κ3) is 2.63. The van der Waals surface area contributed by atoms with Crippen molar-refractivity contribution in [1.82, 2.24) is 25.1 Å². The fourth-order valence-electron chi connectivity index (χ4n) is 4.22. The molecule has 1 amide bonds. The van der Waals surface area contributed by atoms with E-state index in [1.165, 1.54) is 11.3 Å². The summed E-state index contributed by atoms with van der Waals surface area (Å²) < 4.78 is 1.61. The Hall–Kier alpha value is -2.54. The van der Waals surface area contributed by atoms with Gasteiger partial charge in [-0.25, -0.2) is 4.68 Å². The number of likely N-dealkylation sites (tertiary alicyclic amines) is 1. The lowest BCUT2D eigenvalue weighted by Crippen LogP contribution is -2.37. The molecule has 1 aliphatic carbocycles. The zero-order chi connectivity index (χ0) is 17.7. The molecule has 1 aromatic carbocycles. The third-order valence-corrected chi connectivity index (χ3v) is 6.52. The molecule has 1 aliphatic heterocycles. The van der Waals surface area contributed by atoms with Gasteiger partial charge in [0.15, 0.2) is 0 Å². The van der Waals surface area contributed by atoms with Crippen molar-refractivity contribution in [2.45, 2.75) is 32.2 Å². The highest BCUT2D eigenvalue weighted by molar-refractivity contribution is 7.15. The van der Waals surface area contributed by atoms with E-state index in [-0.39, 0.29) is 5.91 Å². The number of benzene rings is 1. The van der Waals surface area contributed by atoms with Crippen molar-refractivity contribution in [3.8, 4) is 16.1 Å². The summed E-state index contributed by atoms with van der Waals surface area (Å²) in [7, 11) is 0. The summed E-state index contributed by atoms with van der Waals surface area (Å²) in [4.78, 5) is 17.7. The van der Waals surface area contributed by atoms with Gasteiger partial charge in [0.2, 0.25) is 0 Å². The second-order valence-electron chi connectivity index (χ2n) is 7.22. The molecule has 3 heterocycles. The van der Waals surface area contributed by atoms with Gasteiger partial charge in [0, 0.05) is 27.9 Å². The maximum absolute atomic E-state index is 13.2. The van der Waals surface area contributed by atoms with E-state index in [1.54, 1.807) is 22.3 Å². The van der Waals surface area contributed by atoms with Gasteiger partial charge in [-0.05, 0) is 78.4 Å². The number of hydrogen-bond donors (Lipinski definition) is 0. The summed E-state index contributed by atoms with van der Waals surface area (Å²) in [6, 6.07) is 10.6. The van der Waals surface area contributed by atoms with Crippen LogP contribution in [0.1, 0.15) is 34.5 Å². The number of hydrogen-bond acceptors (Lipinski definition) is 5. The number of amides is 1. The number of carbonyl (C=O) groups excluding carboxylic acids is 1. The molecule has 1 saturated carbocycles. The first-order valence-electron chi connectivity index (χ1n) is 8.93. The first-order valence-corrected chi connectivity index (χ1v) is 9.75. The van der Waals surface area contributed by atoms with Crippen molar-refractivity contribution in [3.05, 3.63) is 47.1 Å². The van der Waals surface area contributed by atoms with E-state index < -0.39 is 0 Å². The second kappa shape index (κ2) is 6.02. The summed E-state index contributed by atoms with van der Waals surface area (Å²) in [5, 5.41) is 11.5. The predicted octanol–water partition coefficient (Wildman–Crippen LogP) is 3.32. The van der Waals surface area contributed by atoms with Crippen LogP contribution in [-0.2, 0) is 0 Å². The number of rotatable bonds is 3. The van der Waals surface area contributed by atoms with E-state index >= 15 is 0 Å². The largest absolute Gasteiger partial charge is 0.335 e. The molecule has 2 bridgehead atoms. The fourth-order valence-corrected chi connectivity index (χ4v) is 5.07. The fraction of sp³-hybridized carbons (Fsp3) is 0.368. The van der Waals surface area contributed by atoms with Gasteiger partial charge in [-0.2, -0.15) is 0 Å². The van der Waals surface area contributed by atoms with Crippen LogP contribution >= 0.6 is 11.3 Å². The Bertz CT molecular complexity index is 964. The average Bonchev–Trinajstić information content (AvgIpc) is 3.44. The normalized spacial score (nSPS) is 21.5. The van der Waals surface area contributed by atoms with E-state index in [2.05, 4.69) is 39.5 Å². The van der Waals surface area contributed by atoms with Crippen molar-refractivity contribution < 1.29 is 4.79 Å². The van der Waals surface area contributed by atoms with Gasteiger partial charge >= 0.3 is 0 Å². The van der Waals surface area contributed by atoms with Crippen LogP contribution in [0.25, 0.3) is 16.1 Å². The number of thiophene rings is 1. The molecule has 2 atom stereocenters. The van der Waals surface area contributed by atoms with E-state index in [0.29, 0.717) is 17.5 Å². The number of tetrazole rings is 1. The first kappa shape index (κ1) is 15.7. The molecule has 2 unspecified atom stereocenters. The Balaban J connectivity index is 1.58. The van der Waals surface area contributed by atoms with E-state index in [9.17, 15) is 4.79 Å². The van der Waals surface area contributed by atoms with Gasteiger partial charge in [-0.3, -0.25) is 4.79 Å². The minimum absolute atomic E-state index is 0.127. The van der Waals surface area contributed by atoms with E-state index in [4.69, 9.17) is 0 Å². The predicted molar refractivity (Wildman–Crippen MR) is 99.4 cm³/mol. The maximum Gasteiger partial charge on any atom is 0.254 e. The van der Waals surface area contributed by atoms with Crippen LogP contribution in [0, 0.1) is 12.8 Å². The summed E-state index contributed by atoms with van der Waals surface area (Å²) in [5.41, 5.74) is 2.56.